The van der Waals surface area contributed by atoms with Crippen molar-refractivity contribution in [1.82, 2.24) is 25.4 Å². The Morgan fingerprint density at radius 1 is 1.29 bits per heavy atom. The molecule has 0 aliphatic rings. The number of hydrogen-bond acceptors (Lipinski definition) is 3. The Kier molecular flexibility index (Phi) is 7.34. The maximum absolute atomic E-state index is 6.19. The van der Waals surface area contributed by atoms with Gasteiger partial charge in [0.25, 0.3) is 0 Å². The molecule has 1 aromatic carbocycles. The first-order valence-electron chi connectivity index (χ1n) is 7.89. The normalized spacial score (nSPS) is 11.6. The quantitative estimate of drug-likeness (QED) is 0.448. The molecule has 8 heteroatoms. The summed E-state index contributed by atoms with van der Waals surface area (Å²) in [5.41, 5.74) is 1.10. The molecule has 0 bridgehead atoms. The van der Waals surface area contributed by atoms with Gasteiger partial charge >= 0.3 is 0 Å². The summed E-state index contributed by atoms with van der Waals surface area (Å²) < 4.78 is 1.72. The van der Waals surface area contributed by atoms with Crippen LogP contribution >= 0.6 is 23.2 Å². The zero-order chi connectivity index (χ0) is 17.4. The van der Waals surface area contributed by atoms with Crippen LogP contribution in [-0.4, -0.2) is 33.8 Å². The Bertz CT molecular complexity index is 683. The molecule has 0 aliphatic carbocycles. The molecule has 0 fully saturated rings. The molecule has 2 rings (SSSR count). The van der Waals surface area contributed by atoms with Crippen LogP contribution in [0.15, 0.2) is 29.5 Å². The number of aryl methyl sites for hydroxylation is 2. The van der Waals surface area contributed by atoms with Crippen LogP contribution in [0, 0.1) is 0 Å². The van der Waals surface area contributed by atoms with Gasteiger partial charge in [-0.25, -0.2) is 9.98 Å². The number of aliphatic imine (C=N–C) groups is 1. The summed E-state index contributed by atoms with van der Waals surface area (Å²) in [6.45, 7) is 4.11. The van der Waals surface area contributed by atoms with Gasteiger partial charge in [-0.1, -0.05) is 29.3 Å². The molecule has 2 N–H and O–H groups in total. The summed E-state index contributed by atoms with van der Waals surface area (Å²) >= 11 is 12.1. The summed E-state index contributed by atoms with van der Waals surface area (Å²) in [4.78, 5) is 8.68. The number of aromatic nitrogens is 3. The smallest absolute Gasteiger partial charge is 0.191 e. The molecule has 1 heterocycles. The lowest BCUT2D eigenvalue weighted by Crippen LogP contribution is -2.38. The van der Waals surface area contributed by atoms with Crippen LogP contribution in [0.5, 0.6) is 0 Å². The van der Waals surface area contributed by atoms with E-state index in [0.29, 0.717) is 16.6 Å². The largest absolute Gasteiger partial charge is 0.357 e. The van der Waals surface area contributed by atoms with Crippen LogP contribution in [0.25, 0.3) is 0 Å². The standard InChI is InChI=1S/C16H22Cl2N6/c1-3-19-16(21-10-15-22-11-23-24(15)2)20-8-4-5-12-6-7-13(17)9-14(12)18/h6-7,9,11H,3-5,8,10H2,1-2H3,(H2,19,20,21). The van der Waals surface area contributed by atoms with E-state index < -0.39 is 0 Å². The molecule has 130 valence electrons. The molecule has 6 nitrogen and oxygen atoms in total. The monoisotopic (exact) mass is 368 g/mol. The fraction of sp³-hybridized carbons (Fsp3) is 0.438. The van der Waals surface area contributed by atoms with Gasteiger partial charge in [0.2, 0.25) is 0 Å². The Hall–Kier alpha value is -1.79. The Balaban J connectivity index is 1.81. The molecule has 0 spiro atoms. The second-order valence-corrected chi connectivity index (χ2v) is 6.10. The van der Waals surface area contributed by atoms with E-state index in [1.54, 1.807) is 10.7 Å². The molecule has 1 aromatic heterocycles. The number of nitrogens with zero attached hydrogens (tertiary/aromatic N) is 4. The fourth-order valence-electron chi connectivity index (χ4n) is 2.16. The van der Waals surface area contributed by atoms with Gasteiger partial charge in [-0.05, 0) is 37.5 Å². The number of benzene rings is 1. The maximum Gasteiger partial charge on any atom is 0.191 e. The average Bonchev–Trinajstić information content (AvgIpc) is 2.96. The molecule has 0 saturated carbocycles. The van der Waals surface area contributed by atoms with E-state index in [1.165, 1.54) is 6.33 Å². The third-order valence-electron chi connectivity index (χ3n) is 3.46. The average molecular weight is 369 g/mol. The topological polar surface area (TPSA) is 67.1 Å². The molecule has 0 atom stereocenters. The van der Waals surface area contributed by atoms with E-state index in [0.717, 1.165) is 43.3 Å². The zero-order valence-corrected chi connectivity index (χ0v) is 15.4. The number of halogens is 2. The van der Waals surface area contributed by atoms with E-state index in [2.05, 4.69) is 25.7 Å². The first-order valence-corrected chi connectivity index (χ1v) is 8.64. The van der Waals surface area contributed by atoms with Gasteiger partial charge in [-0.3, -0.25) is 4.68 Å². The van der Waals surface area contributed by atoms with Crippen LogP contribution in [0.3, 0.4) is 0 Å². The molecular formula is C16H22Cl2N6. The van der Waals surface area contributed by atoms with E-state index >= 15 is 0 Å². The van der Waals surface area contributed by atoms with Crippen molar-refractivity contribution in [1.29, 1.82) is 0 Å². The summed E-state index contributed by atoms with van der Waals surface area (Å²) in [7, 11) is 1.86. The van der Waals surface area contributed by atoms with Crippen LogP contribution in [-0.2, 0) is 20.0 Å². The summed E-state index contributed by atoms with van der Waals surface area (Å²) in [5, 5.41) is 11.9. The van der Waals surface area contributed by atoms with Gasteiger partial charge in [0.15, 0.2) is 5.96 Å². The van der Waals surface area contributed by atoms with Crippen LogP contribution in [0.2, 0.25) is 10.0 Å². The Morgan fingerprint density at radius 2 is 2.12 bits per heavy atom. The lowest BCUT2D eigenvalue weighted by molar-refractivity contribution is 0.694. The number of rotatable bonds is 7. The van der Waals surface area contributed by atoms with Crippen molar-refractivity contribution in [3.8, 4) is 0 Å². The van der Waals surface area contributed by atoms with Gasteiger partial charge in [0.1, 0.15) is 18.7 Å². The highest BCUT2D eigenvalue weighted by Gasteiger charge is 2.03. The Labute approximate surface area is 152 Å². The lowest BCUT2D eigenvalue weighted by atomic mass is 10.1. The fourth-order valence-corrected chi connectivity index (χ4v) is 2.67. The van der Waals surface area contributed by atoms with Crippen molar-refractivity contribution in [2.24, 2.45) is 12.0 Å². The highest BCUT2D eigenvalue weighted by Crippen LogP contribution is 2.21. The zero-order valence-electron chi connectivity index (χ0n) is 13.9. The minimum Gasteiger partial charge on any atom is -0.357 e. The highest BCUT2D eigenvalue weighted by molar-refractivity contribution is 6.35. The van der Waals surface area contributed by atoms with Crippen molar-refractivity contribution in [2.75, 3.05) is 13.1 Å². The van der Waals surface area contributed by atoms with Gasteiger partial charge in [0.05, 0.1) is 0 Å². The SMILES string of the molecule is CCNC(=NCc1ncnn1C)NCCCc1ccc(Cl)cc1Cl. The van der Waals surface area contributed by atoms with E-state index in [9.17, 15) is 0 Å². The van der Waals surface area contributed by atoms with Gasteiger partial charge in [-0.2, -0.15) is 5.10 Å². The first kappa shape index (κ1) is 18.5. The second kappa shape index (κ2) is 9.49. The van der Waals surface area contributed by atoms with Crippen molar-refractivity contribution < 1.29 is 0 Å². The minimum atomic E-state index is 0.481. The summed E-state index contributed by atoms with van der Waals surface area (Å²) in [5.74, 6) is 1.59. The third kappa shape index (κ3) is 5.69. The molecule has 0 saturated heterocycles. The highest BCUT2D eigenvalue weighted by atomic mass is 35.5. The van der Waals surface area contributed by atoms with Crippen LogP contribution in [0.1, 0.15) is 24.7 Å². The number of hydrogen-bond donors (Lipinski definition) is 2. The predicted molar refractivity (Wildman–Crippen MR) is 98.6 cm³/mol. The van der Waals surface area contributed by atoms with Gasteiger partial charge in [0, 0.05) is 30.2 Å². The van der Waals surface area contributed by atoms with Crippen LogP contribution < -0.4 is 10.6 Å². The van der Waals surface area contributed by atoms with Crippen molar-refractivity contribution in [2.45, 2.75) is 26.3 Å². The van der Waals surface area contributed by atoms with Crippen molar-refractivity contribution in [3.63, 3.8) is 0 Å². The number of guanidine groups is 1. The van der Waals surface area contributed by atoms with E-state index in [4.69, 9.17) is 23.2 Å². The van der Waals surface area contributed by atoms with E-state index in [1.807, 2.05) is 26.1 Å². The van der Waals surface area contributed by atoms with Crippen LogP contribution in [0.4, 0.5) is 0 Å². The van der Waals surface area contributed by atoms with Crippen molar-refractivity contribution in [3.05, 3.63) is 46.0 Å². The summed E-state index contributed by atoms with van der Waals surface area (Å²) in [6.07, 6.45) is 3.35. The molecule has 0 aliphatic heterocycles. The number of nitrogens with one attached hydrogen (secondary N) is 2. The predicted octanol–water partition coefficient (Wildman–Crippen LogP) is 2.81. The molecule has 0 amide bonds. The maximum atomic E-state index is 6.19. The van der Waals surface area contributed by atoms with Gasteiger partial charge < -0.3 is 10.6 Å². The molecule has 24 heavy (non-hydrogen) atoms. The molecule has 0 radical (unpaired) electrons. The molecule has 0 unspecified atom stereocenters. The van der Waals surface area contributed by atoms with Crippen molar-refractivity contribution >= 4 is 29.2 Å². The minimum absolute atomic E-state index is 0.481. The van der Waals surface area contributed by atoms with Gasteiger partial charge in [-0.15, -0.1) is 0 Å². The lowest BCUT2D eigenvalue weighted by Gasteiger charge is -2.11. The first-order chi connectivity index (χ1) is 11.6. The Morgan fingerprint density at radius 3 is 2.79 bits per heavy atom. The second-order valence-electron chi connectivity index (χ2n) is 5.26. The van der Waals surface area contributed by atoms with E-state index in [-0.39, 0.29) is 0 Å². The summed E-state index contributed by atoms with van der Waals surface area (Å²) in [6, 6.07) is 5.61. The third-order valence-corrected chi connectivity index (χ3v) is 4.05. The molecular weight excluding hydrogens is 347 g/mol. The molecule has 2 aromatic rings.